The van der Waals surface area contributed by atoms with Crippen molar-refractivity contribution in [3.63, 3.8) is 0 Å². The monoisotopic (exact) mass is 281 g/mol. The zero-order chi connectivity index (χ0) is 15.0. The fraction of sp³-hybridized carbons (Fsp3) is 0.118. The number of anilines is 1. The molecular formula is C17H15NO3. The summed E-state index contributed by atoms with van der Waals surface area (Å²) in [7, 11) is 1.50. The van der Waals surface area contributed by atoms with Crippen LogP contribution in [0.1, 0.15) is 16.7 Å². The number of carbonyl (C=O) groups is 1. The number of rotatable bonds is 2. The first-order chi connectivity index (χ1) is 10.1. The number of carbonyl (C=O) groups excluding carboxylic acids is 1. The molecule has 0 atom stereocenters. The number of phenols is 1. The third kappa shape index (κ3) is 2.25. The number of aryl methyl sites for hydroxylation is 1. The van der Waals surface area contributed by atoms with Gasteiger partial charge in [0.1, 0.15) is 0 Å². The molecule has 1 amide bonds. The Morgan fingerprint density at radius 3 is 2.76 bits per heavy atom. The molecule has 0 aliphatic carbocycles. The Balaban J connectivity index is 2.11. The van der Waals surface area contributed by atoms with Gasteiger partial charge in [-0.1, -0.05) is 18.2 Å². The minimum atomic E-state index is -0.124. The maximum Gasteiger partial charge on any atom is 0.256 e. The molecule has 1 aliphatic rings. The molecule has 21 heavy (non-hydrogen) atoms. The molecule has 2 N–H and O–H groups in total. The smallest absolute Gasteiger partial charge is 0.256 e. The molecule has 0 radical (unpaired) electrons. The Kier molecular flexibility index (Phi) is 3.14. The Labute approximate surface area is 122 Å². The third-order valence-electron chi connectivity index (χ3n) is 3.53. The highest BCUT2D eigenvalue weighted by atomic mass is 16.5. The van der Waals surface area contributed by atoms with Gasteiger partial charge in [0, 0.05) is 16.8 Å². The quantitative estimate of drug-likeness (QED) is 0.831. The van der Waals surface area contributed by atoms with E-state index in [2.05, 4.69) is 5.32 Å². The maximum absolute atomic E-state index is 12.1. The van der Waals surface area contributed by atoms with Gasteiger partial charge in [0.15, 0.2) is 11.5 Å². The highest BCUT2D eigenvalue weighted by Crippen LogP contribution is 2.35. The van der Waals surface area contributed by atoms with Crippen molar-refractivity contribution in [2.24, 2.45) is 0 Å². The highest BCUT2D eigenvalue weighted by Gasteiger charge is 2.23. The first-order valence-corrected chi connectivity index (χ1v) is 6.60. The molecule has 0 bridgehead atoms. The van der Waals surface area contributed by atoms with Crippen molar-refractivity contribution in [3.05, 3.63) is 53.1 Å². The molecule has 4 nitrogen and oxygen atoms in total. The van der Waals surface area contributed by atoms with Crippen LogP contribution in [-0.4, -0.2) is 18.1 Å². The number of aromatic hydroxyl groups is 1. The molecule has 2 aromatic rings. The molecule has 1 heterocycles. The van der Waals surface area contributed by atoms with Gasteiger partial charge in [-0.05, 0) is 42.3 Å². The third-order valence-corrected chi connectivity index (χ3v) is 3.53. The summed E-state index contributed by atoms with van der Waals surface area (Å²) >= 11 is 0. The summed E-state index contributed by atoms with van der Waals surface area (Å²) in [5, 5.41) is 12.7. The second-order valence-electron chi connectivity index (χ2n) is 4.95. The molecule has 0 unspecified atom stereocenters. The number of benzene rings is 2. The number of ether oxygens (including phenoxy) is 1. The lowest BCUT2D eigenvalue weighted by molar-refractivity contribution is -0.110. The number of phenolic OH excluding ortho intramolecular Hbond substituents is 1. The van der Waals surface area contributed by atoms with Gasteiger partial charge in [-0.3, -0.25) is 4.79 Å². The van der Waals surface area contributed by atoms with Crippen molar-refractivity contribution in [1.29, 1.82) is 0 Å². The lowest BCUT2D eigenvalue weighted by Gasteiger charge is -2.08. The van der Waals surface area contributed by atoms with E-state index in [0.717, 1.165) is 16.8 Å². The van der Waals surface area contributed by atoms with Gasteiger partial charge < -0.3 is 15.2 Å². The van der Waals surface area contributed by atoms with E-state index in [1.54, 1.807) is 19.1 Å². The van der Waals surface area contributed by atoms with Crippen molar-refractivity contribution in [3.8, 4) is 11.5 Å². The predicted octanol–water partition coefficient (Wildman–Crippen LogP) is 3.20. The lowest BCUT2D eigenvalue weighted by atomic mass is 10.0. The zero-order valence-electron chi connectivity index (χ0n) is 11.8. The Hall–Kier alpha value is -2.75. The second kappa shape index (κ2) is 4.98. The highest BCUT2D eigenvalue weighted by molar-refractivity contribution is 6.34. The van der Waals surface area contributed by atoms with Gasteiger partial charge in [-0.25, -0.2) is 0 Å². The van der Waals surface area contributed by atoms with Crippen LogP contribution in [0, 0.1) is 6.92 Å². The largest absolute Gasteiger partial charge is 0.504 e. The van der Waals surface area contributed by atoms with Crippen LogP contribution < -0.4 is 10.1 Å². The van der Waals surface area contributed by atoms with Gasteiger partial charge in [0.2, 0.25) is 0 Å². The van der Waals surface area contributed by atoms with Gasteiger partial charge in [-0.15, -0.1) is 0 Å². The topological polar surface area (TPSA) is 58.6 Å². The summed E-state index contributed by atoms with van der Waals surface area (Å²) in [6, 6.07) is 11.1. The molecule has 0 saturated heterocycles. The van der Waals surface area contributed by atoms with Crippen molar-refractivity contribution < 1.29 is 14.6 Å². The van der Waals surface area contributed by atoms with Crippen molar-refractivity contribution in [2.75, 3.05) is 12.4 Å². The van der Waals surface area contributed by atoms with E-state index in [9.17, 15) is 9.90 Å². The minimum absolute atomic E-state index is 0.121. The number of methoxy groups -OCH3 is 1. The van der Waals surface area contributed by atoms with E-state index in [1.165, 1.54) is 7.11 Å². The van der Waals surface area contributed by atoms with E-state index in [1.807, 2.05) is 30.3 Å². The molecule has 0 fully saturated rings. The van der Waals surface area contributed by atoms with Gasteiger partial charge in [-0.2, -0.15) is 0 Å². The van der Waals surface area contributed by atoms with E-state index in [4.69, 9.17) is 4.74 Å². The normalized spacial score (nSPS) is 15.0. The van der Waals surface area contributed by atoms with E-state index in [0.29, 0.717) is 16.9 Å². The number of hydrogen-bond donors (Lipinski definition) is 2. The number of amides is 1. The Morgan fingerprint density at radius 2 is 2.00 bits per heavy atom. The van der Waals surface area contributed by atoms with Crippen LogP contribution in [0.4, 0.5) is 5.69 Å². The van der Waals surface area contributed by atoms with Crippen LogP contribution in [0.2, 0.25) is 0 Å². The van der Waals surface area contributed by atoms with Crippen molar-refractivity contribution >= 4 is 23.2 Å². The summed E-state index contributed by atoms with van der Waals surface area (Å²) in [6.07, 6.45) is 1.80. The van der Waals surface area contributed by atoms with Crippen LogP contribution in [0.3, 0.4) is 0 Å². The fourth-order valence-electron chi connectivity index (χ4n) is 2.46. The van der Waals surface area contributed by atoms with Crippen LogP contribution in [0.5, 0.6) is 11.5 Å². The van der Waals surface area contributed by atoms with Gasteiger partial charge in [0.25, 0.3) is 5.91 Å². The standard InChI is InChI=1S/C17H15NO3/c1-10-7-11(9-15(21-2)16(10)19)8-13-12-5-3-4-6-14(12)18-17(13)20/h3-9,19H,1-2H3,(H,18,20). The first-order valence-electron chi connectivity index (χ1n) is 6.60. The fourth-order valence-corrected chi connectivity index (χ4v) is 2.46. The Morgan fingerprint density at radius 1 is 1.24 bits per heavy atom. The van der Waals surface area contributed by atoms with Crippen LogP contribution in [-0.2, 0) is 4.79 Å². The van der Waals surface area contributed by atoms with Crippen molar-refractivity contribution in [2.45, 2.75) is 6.92 Å². The Bertz CT molecular complexity index is 763. The molecule has 106 valence electrons. The molecule has 4 heteroatoms. The summed E-state index contributed by atoms with van der Waals surface area (Å²) in [4.78, 5) is 12.1. The molecule has 0 aromatic heterocycles. The first kappa shape index (κ1) is 13.2. The zero-order valence-corrected chi connectivity index (χ0v) is 11.8. The second-order valence-corrected chi connectivity index (χ2v) is 4.95. The van der Waals surface area contributed by atoms with Gasteiger partial charge in [0.05, 0.1) is 7.11 Å². The molecular weight excluding hydrogens is 266 g/mol. The number of hydrogen-bond acceptors (Lipinski definition) is 3. The maximum atomic E-state index is 12.1. The SMILES string of the molecule is COc1cc(C=C2C(=O)Nc3ccccc32)cc(C)c1O. The van der Waals surface area contributed by atoms with E-state index >= 15 is 0 Å². The number of fused-ring (bicyclic) bond motifs is 1. The average molecular weight is 281 g/mol. The lowest BCUT2D eigenvalue weighted by Crippen LogP contribution is -2.03. The van der Waals surface area contributed by atoms with Crippen LogP contribution in [0.25, 0.3) is 11.6 Å². The van der Waals surface area contributed by atoms with Crippen LogP contribution >= 0.6 is 0 Å². The summed E-state index contributed by atoms with van der Waals surface area (Å²) in [5.41, 5.74) is 3.82. The van der Waals surface area contributed by atoms with Crippen molar-refractivity contribution in [1.82, 2.24) is 0 Å². The molecule has 2 aromatic carbocycles. The number of nitrogens with one attached hydrogen (secondary N) is 1. The molecule has 0 spiro atoms. The molecule has 0 saturated carbocycles. The minimum Gasteiger partial charge on any atom is -0.504 e. The number of para-hydroxylation sites is 1. The molecule has 3 rings (SSSR count). The summed E-state index contributed by atoms with van der Waals surface area (Å²) < 4.78 is 5.15. The summed E-state index contributed by atoms with van der Waals surface area (Å²) in [5.74, 6) is 0.394. The van der Waals surface area contributed by atoms with E-state index in [-0.39, 0.29) is 11.7 Å². The predicted molar refractivity (Wildman–Crippen MR) is 82.3 cm³/mol. The van der Waals surface area contributed by atoms with Crippen LogP contribution in [0.15, 0.2) is 36.4 Å². The average Bonchev–Trinajstić information content (AvgIpc) is 2.79. The summed E-state index contributed by atoms with van der Waals surface area (Å²) in [6.45, 7) is 1.79. The molecule has 1 aliphatic heterocycles. The van der Waals surface area contributed by atoms with Gasteiger partial charge >= 0.3 is 0 Å². The van der Waals surface area contributed by atoms with E-state index < -0.39 is 0 Å².